The molecule has 1 aromatic carbocycles. The molecule has 0 bridgehead atoms. The number of carbonyl (C=O) groups is 1. The molecule has 3 N–H and O–H groups in total. The maximum atomic E-state index is 11.0. The van der Waals surface area contributed by atoms with Crippen LogP contribution in [0.4, 0.5) is 5.69 Å². The van der Waals surface area contributed by atoms with Crippen LogP contribution in [0, 0.1) is 0 Å². The van der Waals surface area contributed by atoms with Crippen LogP contribution in [0.2, 0.25) is 0 Å². The van der Waals surface area contributed by atoms with Gasteiger partial charge in [-0.2, -0.15) is 0 Å². The van der Waals surface area contributed by atoms with Crippen LogP contribution in [0.15, 0.2) is 24.3 Å². The number of ether oxygens (including phenoxy) is 1. The van der Waals surface area contributed by atoms with Gasteiger partial charge >= 0.3 is 0 Å². The van der Waals surface area contributed by atoms with E-state index in [0.29, 0.717) is 5.11 Å². The molecule has 0 saturated carbocycles. The number of nitrogens with one attached hydrogen (secondary N) is 3. The lowest BCUT2D eigenvalue weighted by Gasteiger charge is -2.10. The van der Waals surface area contributed by atoms with E-state index in [9.17, 15) is 4.79 Å². The standard InChI is InChI=1S/C11H15N3O2S/c1-12-10(15)7-13-11(17)14-8-3-5-9(16-2)6-4-8/h3-6H,7H2,1-2H3,(H,12,15)(H2,13,14,17). The van der Waals surface area contributed by atoms with Crippen LogP contribution in [0.25, 0.3) is 0 Å². The van der Waals surface area contributed by atoms with Crippen molar-refractivity contribution in [1.29, 1.82) is 0 Å². The van der Waals surface area contributed by atoms with Gasteiger partial charge in [-0.3, -0.25) is 4.79 Å². The Bertz CT molecular complexity index is 392. The normalized spacial score (nSPS) is 9.29. The number of anilines is 1. The van der Waals surface area contributed by atoms with Gasteiger partial charge in [-0.25, -0.2) is 0 Å². The van der Waals surface area contributed by atoms with Crippen molar-refractivity contribution in [2.45, 2.75) is 0 Å². The molecular formula is C11H15N3O2S. The first-order chi connectivity index (χ1) is 8.15. The van der Waals surface area contributed by atoms with Crippen LogP contribution in [0.1, 0.15) is 0 Å². The molecule has 0 unspecified atom stereocenters. The number of methoxy groups -OCH3 is 1. The summed E-state index contributed by atoms with van der Waals surface area (Å²) in [6.45, 7) is 0.151. The quantitative estimate of drug-likeness (QED) is 0.690. The fourth-order valence-electron chi connectivity index (χ4n) is 1.10. The summed E-state index contributed by atoms with van der Waals surface area (Å²) in [5.41, 5.74) is 0.834. The Hall–Kier alpha value is -1.82. The van der Waals surface area contributed by atoms with Crippen molar-refractivity contribution in [1.82, 2.24) is 10.6 Å². The number of thiocarbonyl (C=S) groups is 1. The van der Waals surface area contributed by atoms with Crippen LogP contribution in [0.5, 0.6) is 5.75 Å². The number of likely N-dealkylation sites (N-methyl/N-ethyl adjacent to an activating group) is 1. The zero-order valence-corrected chi connectivity index (χ0v) is 10.6. The summed E-state index contributed by atoms with van der Waals surface area (Å²) in [5, 5.41) is 8.64. The third-order valence-corrected chi connectivity index (χ3v) is 2.28. The van der Waals surface area contributed by atoms with Crippen molar-refractivity contribution in [3.8, 4) is 5.75 Å². The van der Waals surface area contributed by atoms with Crippen molar-refractivity contribution in [3.05, 3.63) is 24.3 Å². The molecule has 1 aromatic rings. The van der Waals surface area contributed by atoms with Crippen LogP contribution in [-0.2, 0) is 4.79 Å². The Morgan fingerprint density at radius 3 is 2.53 bits per heavy atom. The number of benzene rings is 1. The van der Waals surface area contributed by atoms with E-state index in [2.05, 4.69) is 16.0 Å². The first kappa shape index (κ1) is 13.2. The van der Waals surface area contributed by atoms with Gasteiger partial charge in [-0.1, -0.05) is 0 Å². The Balaban J connectivity index is 2.42. The van der Waals surface area contributed by atoms with Gasteiger partial charge in [0.15, 0.2) is 5.11 Å². The van der Waals surface area contributed by atoms with Gasteiger partial charge in [0, 0.05) is 12.7 Å². The van der Waals surface area contributed by atoms with Gasteiger partial charge in [0.2, 0.25) is 5.91 Å². The number of carbonyl (C=O) groups excluding carboxylic acids is 1. The second-order valence-electron chi connectivity index (χ2n) is 3.21. The lowest BCUT2D eigenvalue weighted by Crippen LogP contribution is -2.37. The second kappa shape index (κ2) is 6.70. The summed E-state index contributed by atoms with van der Waals surface area (Å²) in [6, 6.07) is 7.33. The minimum atomic E-state index is -0.121. The number of rotatable bonds is 4. The first-order valence-corrected chi connectivity index (χ1v) is 5.46. The van der Waals surface area contributed by atoms with Crippen molar-refractivity contribution < 1.29 is 9.53 Å². The topological polar surface area (TPSA) is 62.4 Å². The van der Waals surface area contributed by atoms with Gasteiger partial charge in [0.1, 0.15) is 5.75 Å². The Labute approximate surface area is 106 Å². The van der Waals surface area contributed by atoms with E-state index in [4.69, 9.17) is 17.0 Å². The fourth-order valence-corrected chi connectivity index (χ4v) is 1.29. The summed E-state index contributed by atoms with van der Waals surface area (Å²) in [7, 11) is 3.18. The average molecular weight is 253 g/mol. The highest BCUT2D eigenvalue weighted by molar-refractivity contribution is 7.80. The van der Waals surface area contributed by atoms with E-state index in [1.807, 2.05) is 24.3 Å². The van der Waals surface area contributed by atoms with Crippen molar-refractivity contribution >= 4 is 28.9 Å². The molecule has 5 nitrogen and oxygen atoms in total. The van der Waals surface area contributed by atoms with Crippen molar-refractivity contribution in [3.63, 3.8) is 0 Å². The summed E-state index contributed by atoms with van der Waals surface area (Å²) in [4.78, 5) is 11.0. The second-order valence-corrected chi connectivity index (χ2v) is 3.62. The van der Waals surface area contributed by atoms with E-state index in [0.717, 1.165) is 11.4 Å². The largest absolute Gasteiger partial charge is 0.497 e. The van der Waals surface area contributed by atoms with Gasteiger partial charge in [0.05, 0.1) is 13.7 Å². The molecule has 0 fully saturated rings. The van der Waals surface area contributed by atoms with Crippen LogP contribution < -0.4 is 20.7 Å². The summed E-state index contributed by atoms with van der Waals surface area (Å²) in [6.07, 6.45) is 0. The molecule has 1 amide bonds. The molecule has 0 aromatic heterocycles. The highest BCUT2D eigenvalue weighted by Crippen LogP contribution is 2.14. The average Bonchev–Trinajstić information content (AvgIpc) is 2.36. The summed E-state index contributed by atoms with van der Waals surface area (Å²) < 4.78 is 5.04. The van der Waals surface area contributed by atoms with Gasteiger partial charge in [0.25, 0.3) is 0 Å². The predicted octanol–water partition coefficient (Wildman–Crippen LogP) is 0.728. The summed E-state index contributed by atoms with van der Waals surface area (Å²) >= 11 is 5.03. The minimum absolute atomic E-state index is 0.121. The van der Waals surface area contributed by atoms with E-state index >= 15 is 0 Å². The van der Waals surface area contributed by atoms with Crippen LogP contribution >= 0.6 is 12.2 Å². The molecule has 0 aliphatic carbocycles. The zero-order chi connectivity index (χ0) is 12.7. The maximum Gasteiger partial charge on any atom is 0.239 e. The molecule has 0 aliphatic heterocycles. The SMILES string of the molecule is CNC(=O)CNC(=S)Nc1ccc(OC)cc1. The third-order valence-electron chi connectivity index (χ3n) is 2.04. The van der Waals surface area contributed by atoms with Crippen LogP contribution in [-0.4, -0.2) is 31.7 Å². The van der Waals surface area contributed by atoms with E-state index < -0.39 is 0 Å². The smallest absolute Gasteiger partial charge is 0.239 e. The number of hydrogen-bond donors (Lipinski definition) is 3. The minimum Gasteiger partial charge on any atom is -0.497 e. The molecule has 1 rings (SSSR count). The number of amides is 1. The third kappa shape index (κ3) is 4.69. The molecule has 0 heterocycles. The van der Waals surface area contributed by atoms with E-state index in [1.54, 1.807) is 14.2 Å². The molecule has 92 valence electrons. The molecule has 6 heteroatoms. The van der Waals surface area contributed by atoms with Crippen LogP contribution in [0.3, 0.4) is 0 Å². The molecule has 0 spiro atoms. The number of hydrogen-bond acceptors (Lipinski definition) is 3. The van der Waals surface area contributed by atoms with E-state index in [-0.39, 0.29) is 12.5 Å². The molecular weight excluding hydrogens is 238 g/mol. The van der Waals surface area contributed by atoms with Gasteiger partial charge in [-0.15, -0.1) is 0 Å². The van der Waals surface area contributed by atoms with Gasteiger partial charge < -0.3 is 20.7 Å². The van der Waals surface area contributed by atoms with Crippen molar-refractivity contribution in [2.24, 2.45) is 0 Å². The van der Waals surface area contributed by atoms with Gasteiger partial charge in [-0.05, 0) is 36.5 Å². The molecule has 0 atom stereocenters. The fraction of sp³-hybridized carbons (Fsp3) is 0.273. The molecule has 0 saturated heterocycles. The highest BCUT2D eigenvalue weighted by atomic mass is 32.1. The molecule has 0 aliphatic rings. The molecule has 17 heavy (non-hydrogen) atoms. The predicted molar refractivity (Wildman–Crippen MR) is 71.3 cm³/mol. The van der Waals surface area contributed by atoms with Crippen molar-refractivity contribution in [2.75, 3.05) is 26.0 Å². The Morgan fingerprint density at radius 1 is 1.35 bits per heavy atom. The first-order valence-electron chi connectivity index (χ1n) is 5.05. The Morgan fingerprint density at radius 2 is 2.00 bits per heavy atom. The summed E-state index contributed by atoms with van der Waals surface area (Å²) in [5.74, 6) is 0.656. The maximum absolute atomic E-state index is 11.0. The molecule has 0 radical (unpaired) electrons. The van der Waals surface area contributed by atoms with E-state index in [1.165, 1.54) is 0 Å². The monoisotopic (exact) mass is 253 g/mol. The highest BCUT2D eigenvalue weighted by Gasteiger charge is 2.00. The Kier molecular flexibility index (Phi) is 5.22. The lowest BCUT2D eigenvalue weighted by atomic mass is 10.3. The zero-order valence-electron chi connectivity index (χ0n) is 9.74. The lowest BCUT2D eigenvalue weighted by molar-refractivity contribution is -0.119.